The maximum Gasteiger partial charge on any atom is 0.266 e. The summed E-state index contributed by atoms with van der Waals surface area (Å²) in [5.41, 5.74) is 1.25. The van der Waals surface area contributed by atoms with Gasteiger partial charge in [-0.05, 0) is 60.0 Å². The van der Waals surface area contributed by atoms with Crippen LogP contribution in [0.5, 0.6) is 5.75 Å². The molecule has 2 amide bonds. The van der Waals surface area contributed by atoms with Crippen LogP contribution in [0.4, 0.5) is 11.4 Å². The van der Waals surface area contributed by atoms with Crippen LogP contribution in [0.1, 0.15) is 10.9 Å². The molecule has 0 unspecified atom stereocenters. The molecule has 2 fully saturated rings. The second-order valence-electron chi connectivity index (χ2n) is 7.02. The van der Waals surface area contributed by atoms with Crippen molar-refractivity contribution in [2.24, 2.45) is 5.92 Å². The number of imide groups is 1. The molecule has 152 valence electrons. The zero-order valence-corrected chi connectivity index (χ0v) is 17.5. The van der Waals surface area contributed by atoms with E-state index in [1.54, 1.807) is 48.6 Å². The second-order valence-corrected chi connectivity index (χ2v) is 8.44. The van der Waals surface area contributed by atoms with Crippen molar-refractivity contribution < 1.29 is 19.2 Å². The average Bonchev–Trinajstić information content (AvgIpc) is 3.47. The number of hydroxylamine groups is 1. The van der Waals surface area contributed by atoms with E-state index in [0.29, 0.717) is 16.5 Å². The van der Waals surface area contributed by atoms with Gasteiger partial charge in [-0.25, -0.2) is 9.96 Å². The van der Waals surface area contributed by atoms with E-state index in [0.717, 1.165) is 10.6 Å². The van der Waals surface area contributed by atoms with Gasteiger partial charge in [-0.15, -0.1) is 11.3 Å². The van der Waals surface area contributed by atoms with Crippen LogP contribution in [0.15, 0.2) is 66.0 Å². The maximum atomic E-state index is 13.4. The Balaban J connectivity index is 1.53. The topological polar surface area (TPSA) is 59.1 Å². The maximum absolute atomic E-state index is 13.4. The highest BCUT2D eigenvalue weighted by molar-refractivity contribution is 7.10. The Labute approximate surface area is 182 Å². The van der Waals surface area contributed by atoms with E-state index < -0.39 is 18.1 Å². The first-order chi connectivity index (χ1) is 14.6. The first-order valence-corrected chi connectivity index (χ1v) is 10.6. The van der Waals surface area contributed by atoms with Gasteiger partial charge in [0, 0.05) is 9.90 Å². The molecule has 0 saturated carbocycles. The third-order valence-electron chi connectivity index (χ3n) is 5.36. The number of fused-ring (bicyclic) bond motifs is 1. The fourth-order valence-electron chi connectivity index (χ4n) is 3.96. The van der Waals surface area contributed by atoms with Gasteiger partial charge in [0.2, 0.25) is 5.91 Å². The van der Waals surface area contributed by atoms with Crippen molar-refractivity contribution >= 4 is 46.1 Å². The molecule has 1 aromatic heterocycles. The van der Waals surface area contributed by atoms with Gasteiger partial charge >= 0.3 is 0 Å². The van der Waals surface area contributed by atoms with Crippen LogP contribution >= 0.6 is 22.9 Å². The molecule has 2 aliphatic rings. The molecule has 0 N–H and O–H groups in total. The molecule has 3 aromatic rings. The number of anilines is 2. The number of methoxy groups -OCH3 is 1. The number of benzene rings is 2. The molecule has 0 bridgehead atoms. The van der Waals surface area contributed by atoms with Crippen molar-refractivity contribution in [2.75, 3.05) is 17.1 Å². The summed E-state index contributed by atoms with van der Waals surface area (Å²) in [6, 6.07) is 17.5. The number of carbonyl (C=O) groups excluding carboxylic acids is 2. The Morgan fingerprint density at radius 1 is 0.967 bits per heavy atom. The van der Waals surface area contributed by atoms with Gasteiger partial charge in [0.05, 0.1) is 18.5 Å². The molecular weight excluding hydrogens is 424 g/mol. The first-order valence-electron chi connectivity index (χ1n) is 9.35. The molecule has 2 aliphatic heterocycles. The van der Waals surface area contributed by atoms with Gasteiger partial charge in [-0.3, -0.25) is 14.4 Å². The normalized spacial score (nSPS) is 23.2. The van der Waals surface area contributed by atoms with Crippen LogP contribution < -0.4 is 14.7 Å². The predicted molar refractivity (Wildman–Crippen MR) is 115 cm³/mol. The molecule has 2 saturated heterocycles. The average molecular weight is 441 g/mol. The Morgan fingerprint density at radius 2 is 1.67 bits per heavy atom. The minimum atomic E-state index is -0.887. The summed E-state index contributed by atoms with van der Waals surface area (Å²) in [5.74, 6) is -0.633. The number of ether oxygens (including phenoxy) is 1. The lowest BCUT2D eigenvalue weighted by atomic mass is 9.95. The van der Waals surface area contributed by atoms with E-state index in [1.165, 1.54) is 16.2 Å². The molecule has 0 radical (unpaired) electrons. The van der Waals surface area contributed by atoms with Crippen molar-refractivity contribution in [1.29, 1.82) is 0 Å². The van der Waals surface area contributed by atoms with Gasteiger partial charge in [0.15, 0.2) is 6.10 Å². The Hall–Kier alpha value is -2.87. The van der Waals surface area contributed by atoms with Crippen LogP contribution in [0.3, 0.4) is 0 Å². The van der Waals surface area contributed by atoms with Gasteiger partial charge in [-0.2, -0.15) is 0 Å². The standard InChI is InChI=1S/C22H17ClN2O4S/c1-28-16-10-8-14(9-11-16)24-21(26)18-19(17-3-2-12-30-17)25(29-20(18)22(24)27)15-6-4-13(23)5-7-15/h2-12,18-20H,1H3/t18-,19+,20-/m1/s1. The fraction of sp³-hybridized carbons (Fsp3) is 0.182. The Kier molecular flexibility index (Phi) is 4.73. The van der Waals surface area contributed by atoms with E-state index in [9.17, 15) is 9.59 Å². The SMILES string of the molecule is COc1ccc(N2C(=O)[C@H]3[C@@H](ON(c4ccc(Cl)cc4)[C@H]3c3cccs3)C2=O)cc1. The van der Waals surface area contributed by atoms with Crippen LogP contribution in [0, 0.1) is 5.92 Å². The molecule has 3 atom stereocenters. The van der Waals surface area contributed by atoms with Gasteiger partial charge < -0.3 is 4.74 Å². The highest BCUT2D eigenvalue weighted by atomic mass is 35.5. The van der Waals surface area contributed by atoms with Crippen molar-refractivity contribution in [2.45, 2.75) is 12.1 Å². The van der Waals surface area contributed by atoms with Gasteiger partial charge in [-0.1, -0.05) is 17.7 Å². The smallest absolute Gasteiger partial charge is 0.266 e. The number of nitrogens with zero attached hydrogens (tertiary/aromatic N) is 2. The highest BCUT2D eigenvalue weighted by Crippen LogP contribution is 2.48. The summed E-state index contributed by atoms with van der Waals surface area (Å²) >= 11 is 7.55. The minimum absolute atomic E-state index is 0.273. The monoisotopic (exact) mass is 440 g/mol. The molecule has 0 aliphatic carbocycles. The number of rotatable bonds is 4. The third kappa shape index (κ3) is 2.98. The molecular formula is C22H17ClN2O4S. The molecule has 30 heavy (non-hydrogen) atoms. The number of hydrogen-bond acceptors (Lipinski definition) is 6. The van der Waals surface area contributed by atoms with E-state index in [-0.39, 0.29) is 11.8 Å². The minimum Gasteiger partial charge on any atom is -0.497 e. The van der Waals surface area contributed by atoms with Crippen molar-refractivity contribution in [3.8, 4) is 5.75 Å². The Morgan fingerprint density at radius 3 is 2.30 bits per heavy atom. The number of halogens is 1. The zero-order valence-electron chi connectivity index (χ0n) is 15.9. The molecule has 0 spiro atoms. The molecule has 5 rings (SSSR count). The fourth-order valence-corrected chi connectivity index (χ4v) is 4.94. The lowest BCUT2D eigenvalue weighted by molar-refractivity contribution is -0.126. The van der Waals surface area contributed by atoms with Crippen LogP contribution in [0.2, 0.25) is 5.02 Å². The number of amides is 2. The number of hydrogen-bond donors (Lipinski definition) is 0. The van der Waals surface area contributed by atoms with Crippen LogP contribution in [-0.2, 0) is 14.4 Å². The van der Waals surface area contributed by atoms with Gasteiger partial charge in [0.25, 0.3) is 5.91 Å². The number of thiophene rings is 1. The second kappa shape index (κ2) is 7.43. The molecule has 3 heterocycles. The van der Waals surface area contributed by atoms with E-state index >= 15 is 0 Å². The van der Waals surface area contributed by atoms with E-state index in [1.807, 2.05) is 29.6 Å². The summed E-state index contributed by atoms with van der Waals surface area (Å²) in [6.07, 6.45) is -0.887. The lowest BCUT2D eigenvalue weighted by Gasteiger charge is -2.27. The van der Waals surface area contributed by atoms with Crippen molar-refractivity contribution in [3.63, 3.8) is 0 Å². The summed E-state index contributed by atoms with van der Waals surface area (Å²) in [6.45, 7) is 0. The van der Waals surface area contributed by atoms with Crippen LogP contribution in [-0.4, -0.2) is 25.0 Å². The molecule has 2 aromatic carbocycles. The summed E-state index contributed by atoms with van der Waals surface area (Å²) in [4.78, 5) is 34.9. The van der Waals surface area contributed by atoms with E-state index in [2.05, 4.69) is 0 Å². The number of carbonyl (C=O) groups is 2. The van der Waals surface area contributed by atoms with Gasteiger partial charge in [0.1, 0.15) is 17.7 Å². The summed E-state index contributed by atoms with van der Waals surface area (Å²) in [5, 5.41) is 4.22. The summed E-state index contributed by atoms with van der Waals surface area (Å²) in [7, 11) is 1.57. The third-order valence-corrected chi connectivity index (χ3v) is 6.56. The van der Waals surface area contributed by atoms with E-state index in [4.69, 9.17) is 21.2 Å². The lowest BCUT2D eigenvalue weighted by Crippen LogP contribution is -2.37. The van der Waals surface area contributed by atoms with Crippen molar-refractivity contribution in [1.82, 2.24) is 0 Å². The highest BCUT2D eigenvalue weighted by Gasteiger charge is 2.60. The quantitative estimate of drug-likeness (QED) is 0.560. The van der Waals surface area contributed by atoms with Crippen molar-refractivity contribution in [3.05, 3.63) is 75.9 Å². The summed E-state index contributed by atoms with van der Waals surface area (Å²) < 4.78 is 5.17. The zero-order chi connectivity index (χ0) is 20.8. The largest absolute Gasteiger partial charge is 0.497 e. The first kappa shape index (κ1) is 19.1. The Bertz CT molecular complexity index is 1090. The molecule has 8 heteroatoms. The predicted octanol–water partition coefficient (Wildman–Crippen LogP) is 4.46. The van der Waals surface area contributed by atoms with Crippen LogP contribution in [0.25, 0.3) is 0 Å². The molecule has 6 nitrogen and oxygen atoms in total.